The molecule has 3 aromatic rings. The van der Waals surface area contributed by atoms with E-state index in [1.807, 2.05) is 54.6 Å². The number of alkyl halides is 1. The summed E-state index contributed by atoms with van der Waals surface area (Å²) in [6, 6.07) is 20.0. The zero-order valence-electron chi connectivity index (χ0n) is 17.3. The Kier molecular flexibility index (Phi) is 7.80. The van der Waals surface area contributed by atoms with Gasteiger partial charge in [-0.05, 0) is 67.3 Å². The van der Waals surface area contributed by atoms with Crippen LogP contribution in [-0.4, -0.2) is 17.8 Å². The first-order chi connectivity index (χ1) is 14.7. The van der Waals surface area contributed by atoms with E-state index in [2.05, 4.69) is 29.5 Å². The monoisotopic (exact) mass is 399 g/mol. The second kappa shape index (κ2) is 11.0. The van der Waals surface area contributed by atoms with Crippen molar-refractivity contribution in [2.24, 2.45) is 0 Å². The molecule has 0 aliphatic rings. The lowest BCUT2D eigenvalue weighted by atomic mass is 9.96. The molecule has 0 N–H and O–H groups in total. The van der Waals surface area contributed by atoms with Crippen molar-refractivity contribution in [2.75, 3.05) is 6.61 Å². The molecule has 0 bridgehead atoms. The molecule has 1 aromatic heterocycles. The van der Waals surface area contributed by atoms with Gasteiger partial charge in [0.05, 0.1) is 11.9 Å². The van der Waals surface area contributed by atoms with Crippen LogP contribution in [0.1, 0.15) is 31.7 Å². The Morgan fingerprint density at radius 1 is 1.10 bits per heavy atom. The number of hydrogen-bond acceptors (Lipinski definition) is 2. The van der Waals surface area contributed by atoms with Gasteiger partial charge in [-0.3, -0.25) is 4.98 Å². The van der Waals surface area contributed by atoms with Gasteiger partial charge in [0.1, 0.15) is 12.4 Å². The number of ether oxygens (including phenoxy) is 1. The fraction of sp³-hybridized carbons (Fsp3) is 0.222. The average Bonchev–Trinajstić information content (AvgIpc) is 2.78. The van der Waals surface area contributed by atoms with Crippen molar-refractivity contribution in [1.82, 2.24) is 4.98 Å². The van der Waals surface area contributed by atoms with Gasteiger partial charge in [-0.2, -0.15) is 0 Å². The smallest absolute Gasteiger partial charge is 0.119 e. The van der Waals surface area contributed by atoms with Gasteiger partial charge in [0, 0.05) is 23.7 Å². The summed E-state index contributed by atoms with van der Waals surface area (Å²) >= 11 is 0. The van der Waals surface area contributed by atoms with E-state index in [0.29, 0.717) is 19.4 Å². The number of rotatable bonds is 8. The maximum absolute atomic E-state index is 13.0. The standard InChI is InChI=1S/C27H26FNO/c1-3-19-30-25-16-14-23(15-17-25)26-20-24(27-11-7-8-18-29-27)13-12-22(26)10-6-4-5-9-21(2)28/h3,7-8,11-18,20-21H,1,4-5,9,19H2,2H3. The molecule has 152 valence electrons. The van der Waals surface area contributed by atoms with Crippen LogP contribution in [0, 0.1) is 11.8 Å². The Labute approximate surface area is 178 Å². The fourth-order valence-electron chi connectivity index (χ4n) is 3.10. The van der Waals surface area contributed by atoms with E-state index in [9.17, 15) is 4.39 Å². The molecule has 0 aliphatic carbocycles. The summed E-state index contributed by atoms with van der Waals surface area (Å²) in [6.07, 6.45) is 4.74. The van der Waals surface area contributed by atoms with E-state index in [0.717, 1.165) is 40.1 Å². The largest absolute Gasteiger partial charge is 0.490 e. The third kappa shape index (κ3) is 6.06. The molecule has 1 atom stereocenters. The molecule has 0 radical (unpaired) electrons. The van der Waals surface area contributed by atoms with Crippen LogP contribution >= 0.6 is 0 Å². The third-order valence-electron chi connectivity index (χ3n) is 4.64. The SMILES string of the molecule is C=CCOc1ccc(-c2cc(-c3ccccn3)ccc2C#CCCCC(C)F)cc1. The molecular formula is C27H26FNO. The van der Waals surface area contributed by atoms with E-state index in [1.165, 1.54) is 0 Å². The minimum Gasteiger partial charge on any atom is -0.490 e. The maximum Gasteiger partial charge on any atom is 0.119 e. The van der Waals surface area contributed by atoms with Crippen molar-refractivity contribution >= 4 is 0 Å². The molecular weight excluding hydrogens is 373 g/mol. The number of aromatic nitrogens is 1. The van der Waals surface area contributed by atoms with Gasteiger partial charge < -0.3 is 4.74 Å². The Hall–Kier alpha value is -3.38. The minimum atomic E-state index is -0.776. The summed E-state index contributed by atoms with van der Waals surface area (Å²) < 4.78 is 18.6. The number of pyridine rings is 1. The van der Waals surface area contributed by atoms with Crippen LogP contribution < -0.4 is 4.74 Å². The highest BCUT2D eigenvalue weighted by molar-refractivity contribution is 5.77. The molecule has 0 fully saturated rings. The van der Waals surface area contributed by atoms with Crippen molar-refractivity contribution in [3.63, 3.8) is 0 Å². The Balaban J connectivity index is 1.92. The topological polar surface area (TPSA) is 22.1 Å². The van der Waals surface area contributed by atoms with E-state index >= 15 is 0 Å². The molecule has 30 heavy (non-hydrogen) atoms. The van der Waals surface area contributed by atoms with Crippen LogP contribution in [0.5, 0.6) is 5.75 Å². The Bertz CT molecular complexity index is 1010. The molecule has 2 aromatic carbocycles. The fourth-order valence-corrected chi connectivity index (χ4v) is 3.10. The summed E-state index contributed by atoms with van der Waals surface area (Å²) in [4.78, 5) is 4.46. The molecule has 1 heterocycles. The van der Waals surface area contributed by atoms with Crippen LogP contribution in [0.4, 0.5) is 4.39 Å². The van der Waals surface area contributed by atoms with Crippen LogP contribution in [0.3, 0.4) is 0 Å². The number of nitrogens with zero attached hydrogens (tertiary/aromatic N) is 1. The first kappa shape index (κ1) is 21.3. The van der Waals surface area contributed by atoms with Crippen molar-refractivity contribution in [2.45, 2.75) is 32.4 Å². The number of benzene rings is 2. The summed E-state index contributed by atoms with van der Waals surface area (Å²) in [5.74, 6) is 7.27. The second-order valence-corrected chi connectivity index (χ2v) is 7.07. The number of halogens is 1. The first-order valence-electron chi connectivity index (χ1n) is 10.2. The van der Waals surface area contributed by atoms with Crippen molar-refractivity contribution in [3.05, 3.63) is 85.1 Å². The number of hydrogen-bond donors (Lipinski definition) is 0. The normalized spacial score (nSPS) is 11.3. The molecule has 0 aliphatic heterocycles. The molecule has 2 nitrogen and oxygen atoms in total. The number of unbranched alkanes of at least 4 members (excludes halogenated alkanes) is 1. The van der Waals surface area contributed by atoms with Gasteiger partial charge in [-0.15, -0.1) is 0 Å². The highest BCUT2D eigenvalue weighted by Gasteiger charge is 2.08. The first-order valence-corrected chi connectivity index (χ1v) is 10.2. The lowest BCUT2D eigenvalue weighted by Gasteiger charge is -2.10. The Morgan fingerprint density at radius 3 is 2.60 bits per heavy atom. The van der Waals surface area contributed by atoms with Crippen molar-refractivity contribution in [3.8, 4) is 40.0 Å². The highest BCUT2D eigenvalue weighted by Crippen LogP contribution is 2.30. The van der Waals surface area contributed by atoms with Crippen molar-refractivity contribution < 1.29 is 9.13 Å². The summed E-state index contributed by atoms with van der Waals surface area (Å²) in [5.41, 5.74) is 5.00. The zero-order valence-corrected chi connectivity index (χ0v) is 17.3. The Morgan fingerprint density at radius 2 is 1.90 bits per heavy atom. The van der Waals surface area contributed by atoms with Gasteiger partial charge in [-0.1, -0.05) is 48.8 Å². The predicted octanol–water partition coefficient (Wildman–Crippen LogP) is 6.86. The molecule has 3 rings (SSSR count). The minimum absolute atomic E-state index is 0.475. The van der Waals surface area contributed by atoms with Crippen LogP contribution in [0.25, 0.3) is 22.4 Å². The van der Waals surface area contributed by atoms with Crippen LogP contribution in [0.15, 0.2) is 79.5 Å². The van der Waals surface area contributed by atoms with E-state index in [1.54, 1.807) is 19.2 Å². The second-order valence-electron chi connectivity index (χ2n) is 7.07. The predicted molar refractivity (Wildman–Crippen MR) is 122 cm³/mol. The van der Waals surface area contributed by atoms with Crippen LogP contribution in [0.2, 0.25) is 0 Å². The van der Waals surface area contributed by atoms with Gasteiger partial charge in [0.2, 0.25) is 0 Å². The maximum atomic E-state index is 13.0. The lowest BCUT2D eigenvalue weighted by molar-refractivity contribution is 0.336. The average molecular weight is 400 g/mol. The third-order valence-corrected chi connectivity index (χ3v) is 4.64. The van der Waals surface area contributed by atoms with Crippen molar-refractivity contribution in [1.29, 1.82) is 0 Å². The van der Waals surface area contributed by atoms with Gasteiger partial charge in [0.15, 0.2) is 0 Å². The molecule has 0 saturated heterocycles. The molecule has 0 amide bonds. The summed E-state index contributed by atoms with van der Waals surface area (Å²) in [5, 5.41) is 0. The van der Waals surface area contributed by atoms with E-state index < -0.39 is 6.17 Å². The summed E-state index contributed by atoms with van der Waals surface area (Å²) in [6.45, 7) is 5.74. The summed E-state index contributed by atoms with van der Waals surface area (Å²) in [7, 11) is 0. The quantitative estimate of drug-likeness (QED) is 0.234. The van der Waals surface area contributed by atoms with Crippen LogP contribution in [-0.2, 0) is 0 Å². The van der Waals surface area contributed by atoms with Gasteiger partial charge >= 0.3 is 0 Å². The molecule has 0 spiro atoms. The van der Waals surface area contributed by atoms with E-state index in [4.69, 9.17) is 4.74 Å². The van der Waals surface area contributed by atoms with E-state index in [-0.39, 0.29) is 0 Å². The van der Waals surface area contributed by atoms with Gasteiger partial charge in [0.25, 0.3) is 0 Å². The molecule has 1 unspecified atom stereocenters. The highest BCUT2D eigenvalue weighted by atomic mass is 19.1. The molecule has 3 heteroatoms. The molecule has 0 saturated carbocycles. The zero-order chi connectivity index (χ0) is 21.2. The lowest BCUT2D eigenvalue weighted by Crippen LogP contribution is -1.93. The van der Waals surface area contributed by atoms with Gasteiger partial charge in [-0.25, -0.2) is 4.39 Å².